The molecule has 0 saturated heterocycles. The van der Waals surface area contributed by atoms with Gasteiger partial charge in [-0.2, -0.15) is 31.6 Å². The third-order valence-electron chi connectivity index (χ3n) is 5.00. The van der Waals surface area contributed by atoms with Gasteiger partial charge in [-0.3, -0.25) is 0 Å². The fourth-order valence-electron chi connectivity index (χ4n) is 3.54. The molecule has 2 aromatic rings. The van der Waals surface area contributed by atoms with E-state index in [9.17, 15) is 36.4 Å². The molecule has 0 N–H and O–H groups in total. The predicted octanol–water partition coefficient (Wildman–Crippen LogP) is 6.16. The summed E-state index contributed by atoms with van der Waals surface area (Å²) in [6.07, 6.45) is -5.75. The highest BCUT2D eigenvalue weighted by Gasteiger charge is 2.44. The highest BCUT2D eigenvalue weighted by molar-refractivity contribution is 6.35. The third-order valence-corrected chi connectivity index (χ3v) is 5.31. The summed E-state index contributed by atoms with van der Waals surface area (Å²) in [6.45, 7) is 1.22. The predicted molar refractivity (Wildman–Crippen MR) is 111 cm³/mol. The molecule has 5 nitrogen and oxygen atoms in total. The van der Waals surface area contributed by atoms with Crippen LogP contribution in [0.15, 0.2) is 47.3 Å². The van der Waals surface area contributed by atoms with Crippen LogP contribution in [0, 0.1) is 17.2 Å². The number of hydrogen-bond acceptors (Lipinski definition) is 4. The normalized spacial score (nSPS) is 17.3. The standard InChI is InChI=1S/C22H16ClF6N3O2/c1-2-34-20(33)13(9-30)7-14-11-32(19-18(14)17(23)3-4-31-19)10-12-5-15(21(24,25)26)8-16(6-12)22(27,28)29/h3-5,7-8,11,16H,2,6,10H2,1H3/b13-7+. The number of alkyl halides is 6. The summed E-state index contributed by atoms with van der Waals surface area (Å²) in [4.78, 5) is 16.1. The number of halogens is 7. The summed E-state index contributed by atoms with van der Waals surface area (Å²) in [6, 6.07) is 3.12. The molecule has 1 unspecified atom stereocenters. The summed E-state index contributed by atoms with van der Waals surface area (Å²) in [5.41, 5.74) is -1.48. The number of pyridine rings is 1. The second kappa shape index (κ2) is 9.54. The Hall–Kier alpha value is -3.26. The lowest BCUT2D eigenvalue weighted by Gasteiger charge is -2.25. The van der Waals surface area contributed by atoms with Gasteiger partial charge in [-0.15, -0.1) is 0 Å². The Balaban J connectivity index is 2.09. The number of allylic oxidation sites excluding steroid dienone is 4. The molecule has 180 valence electrons. The first-order chi connectivity index (χ1) is 15.8. The van der Waals surface area contributed by atoms with Crippen molar-refractivity contribution in [3.63, 3.8) is 0 Å². The van der Waals surface area contributed by atoms with Gasteiger partial charge in [0.15, 0.2) is 0 Å². The van der Waals surface area contributed by atoms with Crippen LogP contribution >= 0.6 is 11.6 Å². The van der Waals surface area contributed by atoms with Crippen molar-refractivity contribution in [1.29, 1.82) is 5.26 Å². The van der Waals surface area contributed by atoms with Crippen molar-refractivity contribution in [2.75, 3.05) is 6.61 Å². The zero-order valence-corrected chi connectivity index (χ0v) is 18.2. The number of carbonyl (C=O) groups excluding carboxylic acids is 1. The van der Waals surface area contributed by atoms with Gasteiger partial charge >= 0.3 is 18.3 Å². The Labute approximate surface area is 194 Å². The lowest BCUT2D eigenvalue weighted by molar-refractivity contribution is -0.162. The molecular formula is C22H16ClF6N3O2. The second-order valence-corrected chi connectivity index (χ2v) is 7.78. The van der Waals surface area contributed by atoms with Crippen LogP contribution in [0.25, 0.3) is 17.1 Å². The van der Waals surface area contributed by atoms with Gasteiger partial charge in [-0.05, 0) is 37.1 Å². The molecule has 1 atom stereocenters. The zero-order chi connectivity index (χ0) is 25.3. The van der Waals surface area contributed by atoms with Crippen LogP contribution in [0.2, 0.25) is 5.02 Å². The monoisotopic (exact) mass is 503 g/mol. The van der Waals surface area contributed by atoms with Crippen molar-refractivity contribution in [2.24, 2.45) is 5.92 Å². The molecule has 3 rings (SSSR count). The number of rotatable bonds is 5. The Morgan fingerprint density at radius 3 is 2.65 bits per heavy atom. The number of nitrogens with zero attached hydrogens (tertiary/aromatic N) is 3. The lowest BCUT2D eigenvalue weighted by Crippen LogP contribution is -2.27. The number of fused-ring (bicyclic) bond motifs is 1. The molecule has 0 bridgehead atoms. The summed E-state index contributed by atoms with van der Waals surface area (Å²) in [5, 5.41) is 9.74. The van der Waals surface area contributed by atoms with Crippen molar-refractivity contribution in [2.45, 2.75) is 32.2 Å². The van der Waals surface area contributed by atoms with Crippen LogP contribution in [-0.4, -0.2) is 34.5 Å². The zero-order valence-electron chi connectivity index (χ0n) is 17.5. The largest absolute Gasteiger partial charge is 0.462 e. The fraction of sp³-hybridized carbons (Fsp3) is 0.318. The van der Waals surface area contributed by atoms with E-state index in [2.05, 4.69) is 4.98 Å². The van der Waals surface area contributed by atoms with Crippen LogP contribution in [0.3, 0.4) is 0 Å². The van der Waals surface area contributed by atoms with Crippen LogP contribution in [0.4, 0.5) is 26.3 Å². The molecule has 0 amide bonds. The van der Waals surface area contributed by atoms with Crippen molar-refractivity contribution < 1.29 is 35.9 Å². The van der Waals surface area contributed by atoms with Crippen LogP contribution in [-0.2, 0) is 16.1 Å². The van der Waals surface area contributed by atoms with E-state index in [-0.39, 0.29) is 52.0 Å². The molecule has 12 heteroatoms. The molecule has 0 radical (unpaired) electrons. The highest BCUT2D eigenvalue weighted by atomic mass is 35.5. The minimum absolute atomic E-state index is 0.0194. The van der Waals surface area contributed by atoms with Gasteiger partial charge < -0.3 is 9.30 Å². The topological polar surface area (TPSA) is 67.9 Å². The number of nitriles is 1. The third kappa shape index (κ3) is 5.44. The van der Waals surface area contributed by atoms with E-state index in [0.717, 1.165) is 0 Å². The van der Waals surface area contributed by atoms with Crippen molar-refractivity contribution in [1.82, 2.24) is 9.55 Å². The van der Waals surface area contributed by atoms with E-state index < -0.39 is 36.2 Å². The Bertz CT molecular complexity index is 1250. The number of hydrogen-bond donors (Lipinski definition) is 0. The lowest BCUT2D eigenvalue weighted by atomic mass is 9.89. The summed E-state index contributed by atoms with van der Waals surface area (Å²) >= 11 is 6.25. The van der Waals surface area contributed by atoms with Crippen LogP contribution in [0.5, 0.6) is 0 Å². The van der Waals surface area contributed by atoms with E-state index in [1.807, 2.05) is 0 Å². The number of esters is 1. The molecule has 0 fully saturated rings. The summed E-state index contributed by atoms with van der Waals surface area (Å²) < 4.78 is 85.7. The van der Waals surface area contributed by atoms with E-state index in [1.54, 1.807) is 13.0 Å². The molecule has 0 saturated carbocycles. The SMILES string of the molecule is CCOC(=O)/C(C#N)=C/c1cn(CC2=CC(C(F)(F)F)=CC(C(F)(F)F)C2)c2nccc(Cl)c12. The van der Waals surface area contributed by atoms with E-state index >= 15 is 0 Å². The van der Waals surface area contributed by atoms with Gasteiger partial charge in [-0.25, -0.2) is 9.78 Å². The first-order valence-electron chi connectivity index (χ1n) is 9.82. The van der Waals surface area contributed by atoms with E-state index in [0.29, 0.717) is 6.08 Å². The van der Waals surface area contributed by atoms with Gasteiger partial charge in [0.2, 0.25) is 0 Å². The van der Waals surface area contributed by atoms with E-state index in [4.69, 9.17) is 16.3 Å². The van der Waals surface area contributed by atoms with Gasteiger partial charge in [-0.1, -0.05) is 17.7 Å². The minimum Gasteiger partial charge on any atom is -0.462 e. The Morgan fingerprint density at radius 2 is 2.06 bits per heavy atom. The molecule has 1 aliphatic carbocycles. The van der Waals surface area contributed by atoms with Gasteiger partial charge in [0.05, 0.1) is 23.1 Å². The molecule has 34 heavy (non-hydrogen) atoms. The number of carbonyl (C=O) groups is 1. The molecule has 2 aromatic heterocycles. The number of ether oxygens (including phenoxy) is 1. The maximum absolute atomic E-state index is 13.3. The van der Waals surface area contributed by atoms with Gasteiger partial charge in [0, 0.05) is 29.9 Å². The molecule has 0 spiro atoms. The quantitative estimate of drug-likeness (QED) is 0.212. The molecular weight excluding hydrogens is 488 g/mol. The fourth-order valence-corrected chi connectivity index (χ4v) is 3.79. The van der Waals surface area contributed by atoms with Crippen molar-refractivity contribution in [3.05, 3.63) is 57.9 Å². The maximum atomic E-state index is 13.3. The second-order valence-electron chi connectivity index (χ2n) is 7.37. The van der Waals surface area contributed by atoms with Crippen LogP contribution < -0.4 is 0 Å². The average Bonchev–Trinajstić information content (AvgIpc) is 3.09. The van der Waals surface area contributed by atoms with Gasteiger partial charge in [0.1, 0.15) is 17.3 Å². The average molecular weight is 504 g/mol. The van der Waals surface area contributed by atoms with Crippen LogP contribution in [0.1, 0.15) is 18.9 Å². The van der Waals surface area contributed by atoms with Crippen molar-refractivity contribution >= 4 is 34.7 Å². The molecule has 0 aromatic carbocycles. The Kier molecular flexibility index (Phi) is 7.12. The van der Waals surface area contributed by atoms with E-state index in [1.165, 1.54) is 29.1 Å². The maximum Gasteiger partial charge on any atom is 0.416 e. The Morgan fingerprint density at radius 1 is 1.35 bits per heavy atom. The highest BCUT2D eigenvalue weighted by Crippen LogP contribution is 2.41. The minimum atomic E-state index is -4.95. The van der Waals surface area contributed by atoms with Crippen molar-refractivity contribution in [3.8, 4) is 6.07 Å². The molecule has 1 aliphatic rings. The molecule has 0 aliphatic heterocycles. The van der Waals surface area contributed by atoms with Gasteiger partial charge in [0.25, 0.3) is 0 Å². The number of aromatic nitrogens is 2. The molecule has 2 heterocycles. The smallest absolute Gasteiger partial charge is 0.416 e. The first kappa shape index (κ1) is 25.4. The first-order valence-corrected chi connectivity index (χ1v) is 10.2. The summed E-state index contributed by atoms with van der Waals surface area (Å²) in [5.74, 6) is -3.19. The summed E-state index contributed by atoms with van der Waals surface area (Å²) in [7, 11) is 0.